The molecule has 0 aliphatic rings. The lowest BCUT2D eigenvalue weighted by molar-refractivity contribution is 0.163. The van der Waals surface area contributed by atoms with E-state index in [1.54, 1.807) is 0 Å². The second-order valence-corrected chi connectivity index (χ2v) is 2.77. The monoisotopic (exact) mass is 168 g/mol. The summed E-state index contributed by atoms with van der Waals surface area (Å²) in [6.07, 6.45) is 10.8. The van der Waals surface area contributed by atoms with Gasteiger partial charge >= 0.3 is 0 Å². The summed E-state index contributed by atoms with van der Waals surface area (Å²) in [5.74, 6) is 0. The molecule has 1 heteroatoms. The first-order chi connectivity index (χ1) is 5.91. The highest BCUT2D eigenvalue weighted by molar-refractivity contribution is 4.82. The molecule has 0 radical (unpaired) electrons. The quantitative estimate of drug-likeness (QED) is 0.399. The van der Waals surface area contributed by atoms with E-state index in [1.807, 2.05) is 6.08 Å². The van der Waals surface area contributed by atoms with Gasteiger partial charge in [0.2, 0.25) is 0 Å². The summed E-state index contributed by atoms with van der Waals surface area (Å²) in [7, 11) is 0. The van der Waals surface area contributed by atoms with Crippen molar-refractivity contribution in [2.75, 3.05) is 13.2 Å². The van der Waals surface area contributed by atoms with Crippen molar-refractivity contribution in [2.45, 2.75) is 32.6 Å². The Bertz CT molecular complexity index is 116. The number of unbranched alkanes of at least 4 members (excludes halogenated alkanes) is 2. The fourth-order valence-corrected chi connectivity index (χ4v) is 0.862. The first kappa shape index (κ1) is 11.4. The highest BCUT2D eigenvalue weighted by Gasteiger charge is 1.81. The summed E-state index contributed by atoms with van der Waals surface area (Å²) >= 11 is 0. The predicted octanol–water partition coefficient (Wildman–Crippen LogP) is 3.33. The normalized spacial score (nSPS) is 10.8. The Morgan fingerprint density at radius 1 is 1.25 bits per heavy atom. The largest absolute Gasteiger partial charge is 0.377 e. The minimum absolute atomic E-state index is 0.766. The van der Waals surface area contributed by atoms with Gasteiger partial charge < -0.3 is 4.74 Å². The van der Waals surface area contributed by atoms with Crippen LogP contribution in [0.3, 0.4) is 0 Å². The third-order valence-electron chi connectivity index (χ3n) is 1.51. The lowest BCUT2D eigenvalue weighted by Crippen LogP contribution is -1.91. The van der Waals surface area contributed by atoms with Crippen molar-refractivity contribution in [2.24, 2.45) is 0 Å². The van der Waals surface area contributed by atoms with Gasteiger partial charge in [0.05, 0.1) is 6.61 Å². The van der Waals surface area contributed by atoms with Gasteiger partial charge in [-0.3, -0.25) is 0 Å². The summed E-state index contributed by atoms with van der Waals surface area (Å²) in [5, 5.41) is 0. The van der Waals surface area contributed by atoms with Gasteiger partial charge in [0, 0.05) is 6.61 Å². The fourth-order valence-electron chi connectivity index (χ4n) is 0.862. The van der Waals surface area contributed by atoms with Crippen LogP contribution in [0, 0.1) is 0 Å². The molecular weight excluding hydrogens is 148 g/mol. The molecule has 0 unspecified atom stereocenters. The van der Waals surface area contributed by atoms with Gasteiger partial charge in [-0.25, -0.2) is 0 Å². The molecule has 0 bridgehead atoms. The van der Waals surface area contributed by atoms with Crippen LogP contribution in [0.4, 0.5) is 0 Å². The van der Waals surface area contributed by atoms with E-state index >= 15 is 0 Å². The number of hydrogen-bond acceptors (Lipinski definition) is 1. The van der Waals surface area contributed by atoms with Crippen LogP contribution in [0.25, 0.3) is 0 Å². The number of rotatable bonds is 8. The van der Waals surface area contributed by atoms with E-state index in [9.17, 15) is 0 Å². The van der Waals surface area contributed by atoms with Crippen LogP contribution >= 0.6 is 0 Å². The maximum absolute atomic E-state index is 5.28. The summed E-state index contributed by atoms with van der Waals surface area (Å²) in [5.41, 5.74) is 0. The predicted molar refractivity (Wildman–Crippen MR) is 54.3 cm³/mol. The topological polar surface area (TPSA) is 9.23 Å². The number of allylic oxidation sites excluding steroid dienone is 2. The maximum atomic E-state index is 5.28. The molecular formula is C11H20O. The highest BCUT2D eigenvalue weighted by atomic mass is 16.5. The van der Waals surface area contributed by atoms with Crippen molar-refractivity contribution in [3.63, 3.8) is 0 Å². The molecule has 0 heterocycles. The van der Waals surface area contributed by atoms with Crippen molar-refractivity contribution in [1.82, 2.24) is 0 Å². The van der Waals surface area contributed by atoms with Crippen molar-refractivity contribution in [1.29, 1.82) is 0 Å². The lowest BCUT2D eigenvalue weighted by Gasteiger charge is -1.95. The minimum Gasteiger partial charge on any atom is -0.377 e. The molecule has 0 saturated heterocycles. The van der Waals surface area contributed by atoms with E-state index in [2.05, 4.69) is 25.7 Å². The van der Waals surface area contributed by atoms with Crippen molar-refractivity contribution in [3.8, 4) is 0 Å². The van der Waals surface area contributed by atoms with Crippen molar-refractivity contribution >= 4 is 0 Å². The standard InChI is InChI=1S/C11H20O/c1-3-5-6-7-8-9-11-12-10-4-2/h3,8-9H,1,4-7,10-11H2,2H3/b9-8+. The molecule has 0 spiro atoms. The fraction of sp³-hybridized carbons (Fsp3) is 0.636. The Kier molecular flexibility index (Phi) is 9.95. The average molecular weight is 168 g/mol. The van der Waals surface area contributed by atoms with Crippen LogP contribution in [0.2, 0.25) is 0 Å². The van der Waals surface area contributed by atoms with E-state index in [0.29, 0.717) is 0 Å². The van der Waals surface area contributed by atoms with E-state index in [4.69, 9.17) is 4.74 Å². The van der Waals surface area contributed by atoms with Gasteiger partial charge in [0.1, 0.15) is 0 Å². The second-order valence-electron chi connectivity index (χ2n) is 2.77. The molecule has 0 N–H and O–H groups in total. The first-order valence-electron chi connectivity index (χ1n) is 4.75. The van der Waals surface area contributed by atoms with Crippen LogP contribution in [-0.4, -0.2) is 13.2 Å². The molecule has 0 amide bonds. The van der Waals surface area contributed by atoms with Crippen LogP contribution in [0.5, 0.6) is 0 Å². The first-order valence-corrected chi connectivity index (χ1v) is 4.75. The summed E-state index contributed by atoms with van der Waals surface area (Å²) in [6.45, 7) is 7.43. The number of ether oxygens (including phenoxy) is 1. The third kappa shape index (κ3) is 9.44. The number of hydrogen-bond donors (Lipinski definition) is 0. The molecule has 0 aliphatic heterocycles. The molecule has 0 atom stereocenters. The van der Waals surface area contributed by atoms with Gasteiger partial charge in [0.25, 0.3) is 0 Å². The van der Waals surface area contributed by atoms with Gasteiger partial charge in [-0.1, -0.05) is 25.2 Å². The summed E-state index contributed by atoms with van der Waals surface area (Å²) in [4.78, 5) is 0. The van der Waals surface area contributed by atoms with E-state index in [0.717, 1.165) is 32.5 Å². The van der Waals surface area contributed by atoms with Crippen LogP contribution in [-0.2, 0) is 4.74 Å². The van der Waals surface area contributed by atoms with Crippen LogP contribution in [0.15, 0.2) is 24.8 Å². The summed E-state index contributed by atoms with van der Waals surface area (Å²) < 4.78 is 5.28. The zero-order chi connectivity index (χ0) is 9.07. The highest BCUT2D eigenvalue weighted by Crippen LogP contribution is 1.96. The SMILES string of the molecule is C=CCCC/C=C/COCCC. The molecule has 0 saturated carbocycles. The van der Waals surface area contributed by atoms with E-state index in [1.165, 1.54) is 6.42 Å². The Labute approximate surface area is 76.1 Å². The molecule has 1 nitrogen and oxygen atoms in total. The van der Waals surface area contributed by atoms with Crippen molar-refractivity contribution < 1.29 is 4.74 Å². The van der Waals surface area contributed by atoms with Gasteiger partial charge in [0.15, 0.2) is 0 Å². The second kappa shape index (κ2) is 10.4. The Hall–Kier alpha value is -0.560. The van der Waals surface area contributed by atoms with Gasteiger partial charge in [-0.2, -0.15) is 0 Å². The maximum Gasteiger partial charge on any atom is 0.0647 e. The third-order valence-corrected chi connectivity index (χ3v) is 1.51. The van der Waals surface area contributed by atoms with Crippen molar-refractivity contribution in [3.05, 3.63) is 24.8 Å². The van der Waals surface area contributed by atoms with Crippen LogP contribution < -0.4 is 0 Å². The average Bonchev–Trinajstić information content (AvgIpc) is 2.10. The molecule has 0 aromatic rings. The minimum atomic E-state index is 0.766. The molecule has 0 aromatic heterocycles. The molecule has 70 valence electrons. The Morgan fingerprint density at radius 3 is 2.75 bits per heavy atom. The summed E-state index contributed by atoms with van der Waals surface area (Å²) in [6, 6.07) is 0. The van der Waals surface area contributed by atoms with E-state index < -0.39 is 0 Å². The molecule has 12 heavy (non-hydrogen) atoms. The zero-order valence-electron chi connectivity index (χ0n) is 8.09. The Morgan fingerprint density at radius 2 is 2.08 bits per heavy atom. The molecule has 0 fully saturated rings. The van der Waals surface area contributed by atoms with E-state index in [-0.39, 0.29) is 0 Å². The van der Waals surface area contributed by atoms with Gasteiger partial charge in [-0.05, 0) is 25.7 Å². The molecule has 0 aliphatic carbocycles. The molecule has 0 rings (SSSR count). The van der Waals surface area contributed by atoms with Crippen LogP contribution in [0.1, 0.15) is 32.6 Å². The lowest BCUT2D eigenvalue weighted by atomic mass is 10.2. The smallest absolute Gasteiger partial charge is 0.0647 e. The zero-order valence-corrected chi connectivity index (χ0v) is 8.09. The Balaban J connectivity index is 2.98. The van der Waals surface area contributed by atoms with Gasteiger partial charge in [-0.15, -0.1) is 6.58 Å². The molecule has 0 aromatic carbocycles.